The quantitative estimate of drug-likeness (QED) is 0.269. The van der Waals surface area contributed by atoms with Gasteiger partial charge in [-0.3, -0.25) is 13.7 Å². The van der Waals surface area contributed by atoms with E-state index in [1.54, 1.807) is 60.4 Å². The van der Waals surface area contributed by atoms with E-state index in [1.165, 1.54) is 14.2 Å². The van der Waals surface area contributed by atoms with Crippen molar-refractivity contribution in [3.63, 3.8) is 0 Å². The van der Waals surface area contributed by atoms with Gasteiger partial charge in [0.2, 0.25) is 0 Å². The molecule has 2 heterocycles. The molecule has 4 rings (SSSR count). The average Bonchev–Trinajstić information content (AvgIpc) is 3.50. The van der Waals surface area contributed by atoms with Gasteiger partial charge < -0.3 is 23.9 Å². The molecule has 0 radical (unpaired) electrons. The van der Waals surface area contributed by atoms with Crippen LogP contribution in [0, 0.1) is 11.8 Å². The first-order valence-corrected chi connectivity index (χ1v) is 11.7. The van der Waals surface area contributed by atoms with E-state index in [9.17, 15) is 13.6 Å². The van der Waals surface area contributed by atoms with Gasteiger partial charge in [0.05, 0.1) is 43.9 Å². The van der Waals surface area contributed by atoms with Gasteiger partial charge in [-0.1, -0.05) is 23.2 Å². The number of ether oxygens (including phenoxy) is 2. The minimum absolute atomic E-state index is 0.0403. The Kier molecular flexibility index (Phi) is 7.53. The predicted molar refractivity (Wildman–Crippen MR) is 131 cm³/mol. The van der Waals surface area contributed by atoms with E-state index in [0.29, 0.717) is 35.6 Å². The predicted octanol–water partition coefficient (Wildman–Crippen LogP) is 2.66. The summed E-state index contributed by atoms with van der Waals surface area (Å²) in [6, 6.07) is 10.2. The van der Waals surface area contributed by atoms with Crippen LogP contribution in [-0.4, -0.2) is 43.8 Å². The molecular formula is C24H22N5O6S-. The number of fused-ring (bicyclic) bond motifs is 1. The van der Waals surface area contributed by atoms with Crippen LogP contribution in [0.4, 0.5) is 11.5 Å². The standard InChI is InChI=1S/C24H23N5O6S/c1-4-7-22(30)25-12-17-13-26-28(15-17)14-16-10-20(34-3)23-21(11-16)35-27-24(23)29(36(31)32)18-8-5-6-9-19(18)33-2/h5-6,8-11,13,15H,12,14H2,1-3H3,(H,25,30)(H,31,32)/p-1. The molecule has 1 N–H and O–H groups in total. The van der Waals surface area contributed by atoms with Crippen molar-refractivity contribution < 1.29 is 27.6 Å². The van der Waals surface area contributed by atoms with E-state index in [2.05, 4.69) is 27.4 Å². The van der Waals surface area contributed by atoms with Crippen molar-refractivity contribution in [2.75, 3.05) is 18.5 Å². The molecule has 0 fully saturated rings. The number of carbonyl (C=O) groups excluding carboxylic acids is 1. The molecule has 4 aromatic rings. The van der Waals surface area contributed by atoms with E-state index >= 15 is 0 Å². The molecule has 0 aliphatic heterocycles. The Bertz CT molecular complexity index is 1490. The number of amides is 1. The number of aromatic nitrogens is 3. The second-order valence-electron chi connectivity index (χ2n) is 7.46. The molecule has 0 spiro atoms. The van der Waals surface area contributed by atoms with Gasteiger partial charge in [-0.15, -0.1) is 0 Å². The lowest BCUT2D eigenvalue weighted by Crippen LogP contribution is -2.20. The molecule has 1 amide bonds. The molecule has 36 heavy (non-hydrogen) atoms. The third kappa shape index (κ3) is 5.17. The van der Waals surface area contributed by atoms with Gasteiger partial charge >= 0.3 is 0 Å². The number of carbonyl (C=O) groups is 1. The van der Waals surface area contributed by atoms with Crippen LogP contribution < -0.4 is 19.1 Å². The van der Waals surface area contributed by atoms with Crippen molar-refractivity contribution in [2.24, 2.45) is 0 Å². The van der Waals surface area contributed by atoms with E-state index < -0.39 is 11.3 Å². The Balaban J connectivity index is 1.65. The topological polar surface area (TPSA) is 135 Å². The van der Waals surface area contributed by atoms with Crippen LogP contribution >= 0.6 is 0 Å². The minimum atomic E-state index is -2.73. The number of benzene rings is 2. The highest BCUT2D eigenvalue weighted by Crippen LogP contribution is 2.41. The summed E-state index contributed by atoms with van der Waals surface area (Å²) in [6.45, 7) is 2.26. The Morgan fingerprint density at radius 1 is 1.22 bits per heavy atom. The minimum Gasteiger partial charge on any atom is -0.755 e. The Labute approximate surface area is 209 Å². The maximum absolute atomic E-state index is 12.3. The number of para-hydroxylation sites is 2. The number of hydrogen-bond acceptors (Lipinski definition) is 8. The first kappa shape index (κ1) is 24.8. The summed E-state index contributed by atoms with van der Waals surface area (Å²) < 4.78 is 43.6. The highest BCUT2D eigenvalue weighted by atomic mass is 32.2. The molecule has 0 aliphatic carbocycles. The zero-order valence-electron chi connectivity index (χ0n) is 19.7. The van der Waals surface area contributed by atoms with Crippen molar-refractivity contribution in [1.82, 2.24) is 20.3 Å². The van der Waals surface area contributed by atoms with Crippen molar-refractivity contribution in [3.05, 3.63) is 59.9 Å². The number of rotatable bonds is 9. The van der Waals surface area contributed by atoms with Crippen molar-refractivity contribution >= 4 is 39.6 Å². The van der Waals surface area contributed by atoms with E-state index in [0.717, 1.165) is 15.4 Å². The fourth-order valence-corrected chi connectivity index (χ4v) is 4.22. The van der Waals surface area contributed by atoms with E-state index in [1.807, 2.05) is 0 Å². The van der Waals surface area contributed by atoms with Crippen molar-refractivity contribution in [1.29, 1.82) is 0 Å². The molecule has 2 aromatic heterocycles. The monoisotopic (exact) mass is 508 g/mol. The first-order valence-electron chi connectivity index (χ1n) is 10.7. The second-order valence-corrected chi connectivity index (χ2v) is 8.26. The molecule has 1 atom stereocenters. The smallest absolute Gasteiger partial charge is 0.296 e. The maximum Gasteiger partial charge on any atom is 0.296 e. The number of nitrogens with one attached hydrogen (secondary N) is 1. The molecule has 186 valence electrons. The Morgan fingerprint density at radius 3 is 2.72 bits per heavy atom. The van der Waals surface area contributed by atoms with E-state index in [-0.39, 0.29) is 17.4 Å². The summed E-state index contributed by atoms with van der Waals surface area (Å²) in [5.41, 5.74) is 2.20. The Morgan fingerprint density at radius 2 is 2.00 bits per heavy atom. The normalized spacial score (nSPS) is 11.4. The lowest BCUT2D eigenvalue weighted by atomic mass is 10.1. The summed E-state index contributed by atoms with van der Waals surface area (Å²) in [7, 11) is 2.93. The van der Waals surface area contributed by atoms with Crippen LogP contribution in [0.15, 0.2) is 53.3 Å². The molecule has 0 bridgehead atoms. The molecule has 0 aliphatic rings. The fraction of sp³-hybridized carbons (Fsp3) is 0.208. The fourth-order valence-electron chi connectivity index (χ4n) is 3.64. The van der Waals surface area contributed by atoms with Crippen LogP contribution in [0.1, 0.15) is 18.1 Å². The molecule has 11 nitrogen and oxygen atoms in total. The van der Waals surface area contributed by atoms with Gasteiger partial charge in [-0.25, -0.2) is 4.31 Å². The average molecular weight is 509 g/mol. The van der Waals surface area contributed by atoms with Gasteiger partial charge in [0.1, 0.15) is 16.9 Å². The number of hydrogen-bond donors (Lipinski definition) is 1. The summed E-state index contributed by atoms with van der Waals surface area (Å²) >= 11 is -2.73. The molecule has 2 aromatic carbocycles. The van der Waals surface area contributed by atoms with Gasteiger partial charge in [0.25, 0.3) is 5.91 Å². The largest absolute Gasteiger partial charge is 0.755 e. The highest BCUT2D eigenvalue weighted by molar-refractivity contribution is 7.81. The SMILES string of the molecule is CC#CC(=O)NCc1cnn(Cc2cc(OC)c3c(N(c4ccccc4OC)S(=O)[O-])noc3c2)c1. The van der Waals surface area contributed by atoms with Gasteiger partial charge in [-0.05, 0) is 42.7 Å². The van der Waals surface area contributed by atoms with Gasteiger partial charge in [0, 0.05) is 18.3 Å². The number of methoxy groups -OCH3 is 2. The summed E-state index contributed by atoms with van der Waals surface area (Å²) in [6.07, 6.45) is 3.45. The van der Waals surface area contributed by atoms with Crippen LogP contribution in [0.2, 0.25) is 0 Å². The molecule has 0 saturated carbocycles. The molecular weight excluding hydrogens is 486 g/mol. The van der Waals surface area contributed by atoms with Crippen LogP contribution in [0.3, 0.4) is 0 Å². The first-order chi connectivity index (χ1) is 17.4. The third-order valence-corrected chi connectivity index (χ3v) is 5.84. The molecule has 0 saturated heterocycles. The highest BCUT2D eigenvalue weighted by Gasteiger charge is 2.24. The van der Waals surface area contributed by atoms with Gasteiger partial charge in [-0.2, -0.15) is 5.10 Å². The van der Waals surface area contributed by atoms with Crippen molar-refractivity contribution in [2.45, 2.75) is 20.0 Å². The van der Waals surface area contributed by atoms with E-state index in [4.69, 9.17) is 14.0 Å². The second kappa shape index (κ2) is 10.9. The van der Waals surface area contributed by atoms with Crippen LogP contribution in [0.25, 0.3) is 11.0 Å². The van der Waals surface area contributed by atoms with Crippen molar-refractivity contribution in [3.8, 4) is 23.3 Å². The maximum atomic E-state index is 12.3. The van der Waals surface area contributed by atoms with Crippen LogP contribution in [-0.2, 0) is 29.2 Å². The lowest BCUT2D eigenvalue weighted by molar-refractivity contribution is -0.115. The Hall–Kier alpha value is -4.34. The number of nitrogens with zero attached hydrogens (tertiary/aromatic N) is 4. The third-order valence-electron chi connectivity index (χ3n) is 5.17. The summed E-state index contributed by atoms with van der Waals surface area (Å²) in [5.74, 6) is 5.37. The zero-order valence-corrected chi connectivity index (χ0v) is 20.5. The number of anilines is 2. The zero-order chi connectivity index (χ0) is 25.7. The van der Waals surface area contributed by atoms with Crippen LogP contribution in [0.5, 0.6) is 11.5 Å². The molecule has 12 heteroatoms. The van der Waals surface area contributed by atoms with Gasteiger partial charge in [0.15, 0.2) is 11.4 Å². The molecule has 1 unspecified atom stereocenters. The summed E-state index contributed by atoms with van der Waals surface area (Å²) in [5, 5.41) is 11.4. The lowest BCUT2D eigenvalue weighted by Gasteiger charge is -2.25. The summed E-state index contributed by atoms with van der Waals surface area (Å²) in [4.78, 5) is 11.5.